The standard InChI is InChI=1S/C42H24O2/c1-2-10-28(26-18-20-40-36(22-26)38-24-41-37(23-42(38)44-40)34-15-7-8-16-39(34)43-41)27(9-1)25-17-19-33-31-13-4-3-11-29(31)30-12-5-6-14-32(30)35(33)21-25/h1-24H. The molecule has 0 aliphatic heterocycles. The first-order valence-corrected chi connectivity index (χ1v) is 15.0. The molecule has 0 aliphatic carbocycles. The van der Waals surface area contributed by atoms with Gasteiger partial charge in [0.1, 0.15) is 22.3 Å². The first-order chi connectivity index (χ1) is 21.8. The van der Waals surface area contributed by atoms with E-state index >= 15 is 0 Å². The maximum atomic E-state index is 6.37. The molecule has 0 amide bonds. The van der Waals surface area contributed by atoms with Gasteiger partial charge in [0.15, 0.2) is 0 Å². The van der Waals surface area contributed by atoms with Gasteiger partial charge in [0.2, 0.25) is 0 Å². The van der Waals surface area contributed by atoms with Crippen LogP contribution in [0.15, 0.2) is 154 Å². The van der Waals surface area contributed by atoms with Crippen LogP contribution in [0, 0.1) is 0 Å². The summed E-state index contributed by atoms with van der Waals surface area (Å²) in [5.41, 5.74) is 8.28. The molecule has 0 bridgehead atoms. The average Bonchev–Trinajstić information content (AvgIpc) is 3.64. The van der Waals surface area contributed by atoms with Crippen molar-refractivity contribution < 1.29 is 8.83 Å². The predicted octanol–water partition coefficient (Wildman–Crippen LogP) is 12.3. The molecule has 0 spiro atoms. The van der Waals surface area contributed by atoms with Gasteiger partial charge in [0.05, 0.1) is 0 Å². The number of hydrogen-bond acceptors (Lipinski definition) is 2. The fraction of sp³-hybridized carbons (Fsp3) is 0. The van der Waals surface area contributed by atoms with E-state index in [0.717, 1.165) is 49.4 Å². The summed E-state index contributed by atoms with van der Waals surface area (Å²) in [5, 5.41) is 12.0. The normalized spacial score (nSPS) is 12.1. The Labute approximate surface area is 252 Å². The third-order valence-electron chi connectivity index (χ3n) is 9.26. The largest absolute Gasteiger partial charge is 0.456 e. The Balaban J connectivity index is 1.18. The van der Waals surface area contributed by atoms with Crippen LogP contribution in [0.25, 0.3) is 98.4 Å². The van der Waals surface area contributed by atoms with Crippen molar-refractivity contribution in [3.05, 3.63) is 146 Å². The number of fused-ring (bicyclic) bond motifs is 12. The van der Waals surface area contributed by atoms with Gasteiger partial charge in [-0.1, -0.05) is 109 Å². The number of para-hydroxylation sites is 1. The van der Waals surface area contributed by atoms with E-state index in [1.165, 1.54) is 49.0 Å². The van der Waals surface area contributed by atoms with E-state index in [2.05, 4.69) is 127 Å². The van der Waals surface area contributed by atoms with Crippen molar-refractivity contribution in [2.24, 2.45) is 0 Å². The van der Waals surface area contributed by atoms with Crippen LogP contribution >= 0.6 is 0 Å². The summed E-state index contributed by atoms with van der Waals surface area (Å²) in [6, 6.07) is 52.1. The molecule has 8 aromatic carbocycles. The van der Waals surface area contributed by atoms with E-state index in [4.69, 9.17) is 8.83 Å². The number of rotatable bonds is 2. The molecule has 0 N–H and O–H groups in total. The summed E-state index contributed by atoms with van der Waals surface area (Å²) >= 11 is 0. The molecule has 0 saturated heterocycles. The van der Waals surface area contributed by atoms with Gasteiger partial charge in [-0.3, -0.25) is 0 Å². The van der Waals surface area contributed by atoms with Crippen LogP contribution in [0.3, 0.4) is 0 Å². The molecule has 44 heavy (non-hydrogen) atoms. The van der Waals surface area contributed by atoms with Crippen LogP contribution < -0.4 is 0 Å². The molecule has 2 nitrogen and oxygen atoms in total. The van der Waals surface area contributed by atoms with E-state index in [1.807, 2.05) is 18.2 Å². The van der Waals surface area contributed by atoms with Crippen molar-refractivity contribution in [1.29, 1.82) is 0 Å². The van der Waals surface area contributed by atoms with Crippen LogP contribution in [0.4, 0.5) is 0 Å². The Morgan fingerprint density at radius 3 is 1.30 bits per heavy atom. The summed E-state index contributed by atoms with van der Waals surface area (Å²) in [6.07, 6.45) is 0. The van der Waals surface area contributed by atoms with Crippen molar-refractivity contribution in [2.45, 2.75) is 0 Å². The number of benzene rings is 8. The number of hydrogen-bond donors (Lipinski definition) is 0. The Kier molecular flexibility index (Phi) is 4.75. The lowest BCUT2D eigenvalue weighted by atomic mass is 9.89. The predicted molar refractivity (Wildman–Crippen MR) is 184 cm³/mol. The zero-order valence-electron chi connectivity index (χ0n) is 23.7. The fourth-order valence-corrected chi connectivity index (χ4v) is 7.22. The third kappa shape index (κ3) is 3.31. The lowest BCUT2D eigenvalue weighted by molar-refractivity contribution is 0.664. The molecule has 10 rings (SSSR count). The minimum atomic E-state index is 0.873. The summed E-state index contributed by atoms with van der Waals surface area (Å²) in [7, 11) is 0. The molecule has 2 heterocycles. The first kappa shape index (κ1) is 23.7. The van der Waals surface area contributed by atoms with Crippen molar-refractivity contribution in [3.8, 4) is 22.3 Å². The highest BCUT2D eigenvalue weighted by atomic mass is 16.3. The molecule has 0 unspecified atom stereocenters. The van der Waals surface area contributed by atoms with Crippen molar-refractivity contribution in [1.82, 2.24) is 0 Å². The second-order valence-corrected chi connectivity index (χ2v) is 11.7. The first-order valence-electron chi connectivity index (χ1n) is 15.0. The molecule has 2 heteroatoms. The Morgan fingerprint density at radius 1 is 0.250 bits per heavy atom. The van der Waals surface area contributed by atoms with Crippen molar-refractivity contribution in [3.63, 3.8) is 0 Å². The van der Waals surface area contributed by atoms with Gasteiger partial charge in [-0.15, -0.1) is 0 Å². The van der Waals surface area contributed by atoms with E-state index in [-0.39, 0.29) is 0 Å². The van der Waals surface area contributed by atoms with Gasteiger partial charge in [-0.2, -0.15) is 0 Å². The lowest BCUT2D eigenvalue weighted by Crippen LogP contribution is -1.87. The second-order valence-electron chi connectivity index (χ2n) is 11.7. The van der Waals surface area contributed by atoms with Gasteiger partial charge >= 0.3 is 0 Å². The monoisotopic (exact) mass is 560 g/mol. The summed E-state index contributed by atoms with van der Waals surface area (Å²) < 4.78 is 12.6. The highest BCUT2D eigenvalue weighted by Gasteiger charge is 2.16. The lowest BCUT2D eigenvalue weighted by Gasteiger charge is -2.14. The van der Waals surface area contributed by atoms with Crippen LogP contribution in [0.5, 0.6) is 0 Å². The van der Waals surface area contributed by atoms with E-state index < -0.39 is 0 Å². The van der Waals surface area contributed by atoms with Crippen molar-refractivity contribution >= 4 is 76.2 Å². The topological polar surface area (TPSA) is 26.3 Å². The van der Waals surface area contributed by atoms with Crippen LogP contribution in [0.1, 0.15) is 0 Å². The molecule has 204 valence electrons. The molecule has 0 saturated carbocycles. The maximum Gasteiger partial charge on any atom is 0.136 e. The highest BCUT2D eigenvalue weighted by Crippen LogP contribution is 2.41. The molecule has 0 fully saturated rings. The SMILES string of the molecule is c1ccc(-c2ccc3c4ccccc4c4ccccc4c3c2)c(-c2ccc3oc4cc5c(cc4c3c2)oc2ccccc25)c1. The summed E-state index contributed by atoms with van der Waals surface area (Å²) in [6.45, 7) is 0. The molecular weight excluding hydrogens is 536 g/mol. The molecule has 0 atom stereocenters. The van der Waals surface area contributed by atoms with Crippen LogP contribution in [0.2, 0.25) is 0 Å². The molecule has 2 aromatic heterocycles. The molecule has 0 aliphatic rings. The van der Waals surface area contributed by atoms with Gasteiger partial charge in [0.25, 0.3) is 0 Å². The minimum Gasteiger partial charge on any atom is -0.456 e. The summed E-state index contributed by atoms with van der Waals surface area (Å²) in [4.78, 5) is 0. The molecule has 10 aromatic rings. The zero-order valence-corrected chi connectivity index (χ0v) is 23.7. The number of furan rings is 2. The van der Waals surface area contributed by atoms with E-state index in [9.17, 15) is 0 Å². The smallest absolute Gasteiger partial charge is 0.136 e. The van der Waals surface area contributed by atoms with Gasteiger partial charge in [-0.25, -0.2) is 0 Å². The zero-order chi connectivity index (χ0) is 28.8. The van der Waals surface area contributed by atoms with Crippen molar-refractivity contribution in [2.75, 3.05) is 0 Å². The molecule has 0 radical (unpaired) electrons. The van der Waals surface area contributed by atoms with Gasteiger partial charge in [-0.05, 0) is 91.0 Å². The quantitative estimate of drug-likeness (QED) is 0.197. The van der Waals surface area contributed by atoms with Gasteiger partial charge < -0.3 is 8.83 Å². The Morgan fingerprint density at radius 2 is 0.659 bits per heavy atom. The molecular formula is C42H24O2. The fourth-order valence-electron chi connectivity index (χ4n) is 7.22. The van der Waals surface area contributed by atoms with Crippen LogP contribution in [-0.4, -0.2) is 0 Å². The summed E-state index contributed by atoms with van der Waals surface area (Å²) in [5.74, 6) is 0. The average molecular weight is 561 g/mol. The third-order valence-corrected chi connectivity index (χ3v) is 9.26. The van der Waals surface area contributed by atoms with E-state index in [0.29, 0.717) is 0 Å². The minimum absolute atomic E-state index is 0.873. The Bertz CT molecular complexity index is 2740. The van der Waals surface area contributed by atoms with E-state index in [1.54, 1.807) is 0 Å². The highest BCUT2D eigenvalue weighted by molar-refractivity contribution is 6.26. The van der Waals surface area contributed by atoms with Gasteiger partial charge in [0, 0.05) is 21.5 Å². The second kappa shape index (κ2) is 8.82. The maximum absolute atomic E-state index is 6.37. The van der Waals surface area contributed by atoms with Crippen LogP contribution in [-0.2, 0) is 0 Å². The Hall–Kier alpha value is -5.86.